The SMILES string of the molecule is CC1(C)NC[N+]([O-])=C1c1ccccn1. The molecule has 2 rings (SSSR count). The van der Waals surface area contributed by atoms with Gasteiger partial charge in [-0.2, -0.15) is 4.74 Å². The van der Waals surface area contributed by atoms with Crippen LogP contribution in [0.3, 0.4) is 0 Å². The van der Waals surface area contributed by atoms with Gasteiger partial charge in [0.1, 0.15) is 11.2 Å². The molecule has 1 aliphatic heterocycles. The maximum Gasteiger partial charge on any atom is 0.234 e. The highest BCUT2D eigenvalue weighted by molar-refractivity contribution is 6.02. The molecular weight excluding hydrogens is 178 g/mol. The lowest BCUT2D eigenvalue weighted by atomic mass is 9.97. The molecule has 0 atom stereocenters. The summed E-state index contributed by atoms with van der Waals surface area (Å²) in [5.41, 5.74) is 1.16. The third-order valence-electron chi connectivity index (χ3n) is 2.41. The van der Waals surface area contributed by atoms with Crippen LogP contribution in [-0.2, 0) is 0 Å². The summed E-state index contributed by atoms with van der Waals surface area (Å²) >= 11 is 0. The van der Waals surface area contributed by atoms with Crippen molar-refractivity contribution >= 4 is 5.71 Å². The van der Waals surface area contributed by atoms with Crippen LogP contribution >= 0.6 is 0 Å². The van der Waals surface area contributed by atoms with E-state index in [-0.39, 0.29) is 5.54 Å². The van der Waals surface area contributed by atoms with E-state index in [4.69, 9.17) is 0 Å². The summed E-state index contributed by atoms with van der Waals surface area (Å²) in [7, 11) is 0. The van der Waals surface area contributed by atoms with E-state index < -0.39 is 0 Å². The largest absolute Gasteiger partial charge is 0.623 e. The zero-order valence-corrected chi connectivity index (χ0v) is 8.32. The van der Waals surface area contributed by atoms with Gasteiger partial charge in [0.25, 0.3) is 0 Å². The standard InChI is InChI=1S/C10H13N3O/c1-10(2)9(13(14)7-12-10)8-5-3-4-6-11-8/h3-6,12H,7H2,1-2H3. The molecule has 0 aliphatic carbocycles. The van der Waals surface area contributed by atoms with Crippen LogP contribution < -0.4 is 5.32 Å². The predicted octanol–water partition coefficient (Wildman–Crippen LogP) is 0.720. The minimum atomic E-state index is -0.296. The molecule has 0 saturated carbocycles. The fourth-order valence-corrected chi connectivity index (χ4v) is 1.69. The Bertz CT molecular complexity index is 370. The van der Waals surface area contributed by atoms with Gasteiger partial charge in [0, 0.05) is 6.20 Å². The number of nitrogens with one attached hydrogen (secondary N) is 1. The van der Waals surface area contributed by atoms with Crippen LogP contribution in [0.4, 0.5) is 0 Å². The van der Waals surface area contributed by atoms with E-state index in [0.29, 0.717) is 12.4 Å². The first-order valence-electron chi connectivity index (χ1n) is 4.60. The van der Waals surface area contributed by atoms with Gasteiger partial charge in [0.2, 0.25) is 12.4 Å². The lowest BCUT2D eigenvalue weighted by molar-refractivity contribution is -0.452. The number of hydroxylamine groups is 1. The van der Waals surface area contributed by atoms with Gasteiger partial charge >= 0.3 is 0 Å². The molecule has 0 radical (unpaired) electrons. The van der Waals surface area contributed by atoms with E-state index >= 15 is 0 Å². The molecule has 0 spiro atoms. The van der Waals surface area contributed by atoms with Crippen molar-refractivity contribution in [2.45, 2.75) is 19.4 Å². The Morgan fingerprint density at radius 3 is 2.79 bits per heavy atom. The highest BCUT2D eigenvalue weighted by Crippen LogP contribution is 2.15. The van der Waals surface area contributed by atoms with Gasteiger partial charge in [-0.25, -0.2) is 5.32 Å². The first kappa shape index (κ1) is 9.15. The lowest BCUT2D eigenvalue weighted by Gasteiger charge is -2.15. The zero-order chi connectivity index (χ0) is 10.2. The van der Waals surface area contributed by atoms with Gasteiger partial charge in [-0.15, -0.1) is 0 Å². The van der Waals surface area contributed by atoms with E-state index in [0.717, 1.165) is 10.4 Å². The summed E-state index contributed by atoms with van der Waals surface area (Å²) < 4.78 is 0.961. The topological polar surface area (TPSA) is 51.0 Å². The van der Waals surface area contributed by atoms with Crippen molar-refractivity contribution in [2.24, 2.45) is 0 Å². The molecule has 0 amide bonds. The Labute approximate surface area is 82.9 Å². The van der Waals surface area contributed by atoms with Crippen LogP contribution in [0.1, 0.15) is 19.5 Å². The molecule has 14 heavy (non-hydrogen) atoms. The Morgan fingerprint density at radius 2 is 2.29 bits per heavy atom. The number of pyridine rings is 1. The van der Waals surface area contributed by atoms with Crippen molar-refractivity contribution in [3.05, 3.63) is 35.3 Å². The van der Waals surface area contributed by atoms with Crippen LogP contribution in [0.5, 0.6) is 0 Å². The summed E-state index contributed by atoms with van der Waals surface area (Å²) in [6.45, 7) is 4.29. The lowest BCUT2D eigenvalue weighted by Crippen LogP contribution is -2.41. The molecule has 4 nitrogen and oxygen atoms in total. The Hall–Kier alpha value is -1.42. The van der Waals surface area contributed by atoms with Crippen LogP contribution in [0, 0.1) is 5.21 Å². The maximum absolute atomic E-state index is 11.6. The van der Waals surface area contributed by atoms with Crippen molar-refractivity contribution in [2.75, 3.05) is 6.67 Å². The van der Waals surface area contributed by atoms with Crippen molar-refractivity contribution in [3.8, 4) is 0 Å². The van der Waals surface area contributed by atoms with Crippen molar-refractivity contribution < 1.29 is 4.74 Å². The van der Waals surface area contributed by atoms with Gasteiger partial charge in [-0.1, -0.05) is 6.07 Å². The number of nitrogens with zero attached hydrogens (tertiary/aromatic N) is 2. The Kier molecular flexibility index (Phi) is 2.00. The van der Waals surface area contributed by atoms with E-state index in [1.165, 1.54) is 0 Å². The molecule has 1 aliphatic rings. The number of aromatic nitrogens is 1. The Balaban J connectivity index is 2.48. The molecule has 0 fully saturated rings. The first-order valence-corrected chi connectivity index (χ1v) is 4.60. The van der Waals surface area contributed by atoms with Gasteiger partial charge in [-0.05, 0) is 26.0 Å². The molecule has 1 aromatic rings. The Morgan fingerprint density at radius 1 is 1.50 bits per heavy atom. The number of hydrogen-bond acceptors (Lipinski definition) is 3. The second-order valence-electron chi connectivity index (χ2n) is 3.90. The summed E-state index contributed by atoms with van der Waals surface area (Å²) in [4.78, 5) is 4.19. The highest BCUT2D eigenvalue weighted by Gasteiger charge is 2.39. The molecule has 1 N–H and O–H groups in total. The minimum Gasteiger partial charge on any atom is -0.623 e. The van der Waals surface area contributed by atoms with E-state index in [2.05, 4.69) is 10.3 Å². The molecular formula is C10H13N3O. The fraction of sp³-hybridized carbons (Fsp3) is 0.400. The van der Waals surface area contributed by atoms with E-state index in [1.54, 1.807) is 6.20 Å². The monoisotopic (exact) mass is 191 g/mol. The maximum atomic E-state index is 11.6. The quantitative estimate of drug-likeness (QED) is 0.525. The first-order chi connectivity index (χ1) is 6.61. The van der Waals surface area contributed by atoms with Gasteiger partial charge in [0.05, 0.1) is 0 Å². The molecule has 0 unspecified atom stereocenters. The number of hydrogen-bond donors (Lipinski definition) is 1. The smallest absolute Gasteiger partial charge is 0.234 e. The fourth-order valence-electron chi connectivity index (χ4n) is 1.69. The van der Waals surface area contributed by atoms with E-state index in [1.807, 2.05) is 32.0 Å². The summed E-state index contributed by atoms with van der Waals surface area (Å²) in [5, 5.41) is 14.7. The van der Waals surface area contributed by atoms with Gasteiger partial charge < -0.3 is 5.21 Å². The highest BCUT2D eigenvalue weighted by atomic mass is 16.5. The molecule has 74 valence electrons. The molecule has 0 aromatic carbocycles. The van der Waals surface area contributed by atoms with Gasteiger partial charge in [0.15, 0.2) is 0 Å². The minimum absolute atomic E-state index is 0.296. The van der Waals surface area contributed by atoms with Crippen molar-refractivity contribution in [1.82, 2.24) is 10.3 Å². The summed E-state index contributed by atoms with van der Waals surface area (Å²) in [5.74, 6) is 0. The molecule has 0 bridgehead atoms. The third kappa shape index (κ3) is 1.37. The molecule has 2 heterocycles. The second-order valence-corrected chi connectivity index (χ2v) is 3.90. The third-order valence-corrected chi connectivity index (χ3v) is 2.41. The van der Waals surface area contributed by atoms with Crippen molar-refractivity contribution in [3.63, 3.8) is 0 Å². The average Bonchev–Trinajstić information content (AvgIpc) is 2.42. The summed E-state index contributed by atoms with van der Waals surface area (Å²) in [6.07, 6.45) is 1.70. The predicted molar refractivity (Wildman–Crippen MR) is 54.1 cm³/mol. The van der Waals surface area contributed by atoms with Crippen LogP contribution in [-0.4, -0.2) is 27.6 Å². The molecule has 4 heteroatoms. The average molecular weight is 191 g/mol. The summed E-state index contributed by atoms with van der Waals surface area (Å²) in [6, 6.07) is 5.58. The van der Waals surface area contributed by atoms with Crippen LogP contribution in [0.2, 0.25) is 0 Å². The number of rotatable bonds is 1. The van der Waals surface area contributed by atoms with Crippen LogP contribution in [0.15, 0.2) is 24.4 Å². The zero-order valence-electron chi connectivity index (χ0n) is 8.32. The van der Waals surface area contributed by atoms with Crippen molar-refractivity contribution in [1.29, 1.82) is 0 Å². The second kappa shape index (κ2) is 3.06. The van der Waals surface area contributed by atoms with Crippen LogP contribution in [0.25, 0.3) is 0 Å². The van der Waals surface area contributed by atoms with Gasteiger partial charge in [-0.3, -0.25) is 4.98 Å². The van der Waals surface area contributed by atoms with E-state index in [9.17, 15) is 5.21 Å². The molecule has 0 saturated heterocycles. The molecule has 1 aromatic heterocycles. The normalized spacial score (nSPS) is 20.1.